The van der Waals surface area contributed by atoms with E-state index in [1.165, 1.54) is 10.9 Å². The van der Waals surface area contributed by atoms with Crippen LogP contribution in [0.4, 0.5) is 0 Å². The molecule has 0 radical (unpaired) electrons. The Labute approximate surface area is 171 Å². The number of hydrogen-bond acceptors (Lipinski definition) is 3. The van der Waals surface area contributed by atoms with Gasteiger partial charge in [-0.1, -0.05) is 42.5 Å². The van der Waals surface area contributed by atoms with Crippen molar-refractivity contribution in [1.82, 2.24) is 19.8 Å². The SMILES string of the molecule is CNCc1ccc(CN(CCn2c3ccccc3c3cccnc32)C(C)=O)cc1. The maximum atomic E-state index is 12.3. The van der Waals surface area contributed by atoms with Gasteiger partial charge in [-0.3, -0.25) is 4.79 Å². The highest BCUT2D eigenvalue weighted by molar-refractivity contribution is 6.06. The van der Waals surface area contributed by atoms with Gasteiger partial charge in [-0.2, -0.15) is 0 Å². The van der Waals surface area contributed by atoms with Crippen LogP contribution >= 0.6 is 0 Å². The number of pyridine rings is 1. The van der Waals surface area contributed by atoms with Crippen LogP contribution in [0.2, 0.25) is 0 Å². The first-order valence-corrected chi connectivity index (χ1v) is 9.97. The van der Waals surface area contributed by atoms with Crippen LogP contribution < -0.4 is 5.32 Å². The summed E-state index contributed by atoms with van der Waals surface area (Å²) in [5.41, 5.74) is 4.50. The molecule has 0 aliphatic rings. The second-order valence-electron chi connectivity index (χ2n) is 7.33. The molecule has 0 aliphatic heterocycles. The van der Waals surface area contributed by atoms with Crippen molar-refractivity contribution in [3.8, 4) is 0 Å². The number of fused-ring (bicyclic) bond motifs is 3. The summed E-state index contributed by atoms with van der Waals surface area (Å²) in [6.45, 7) is 4.44. The predicted octanol–water partition coefficient (Wildman–Crippen LogP) is 3.96. The van der Waals surface area contributed by atoms with Gasteiger partial charge in [-0.15, -0.1) is 0 Å². The van der Waals surface area contributed by atoms with Crippen molar-refractivity contribution >= 4 is 27.8 Å². The summed E-state index contributed by atoms with van der Waals surface area (Å²) in [6.07, 6.45) is 1.83. The van der Waals surface area contributed by atoms with E-state index in [-0.39, 0.29) is 5.91 Å². The van der Waals surface area contributed by atoms with Gasteiger partial charge in [-0.25, -0.2) is 4.98 Å². The molecule has 1 amide bonds. The van der Waals surface area contributed by atoms with Crippen molar-refractivity contribution in [2.75, 3.05) is 13.6 Å². The minimum atomic E-state index is 0.0815. The summed E-state index contributed by atoms with van der Waals surface area (Å²) in [4.78, 5) is 18.8. The van der Waals surface area contributed by atoms with Gasteiger partial charge in [0.25, 0.3) is 0 Å². The Balaban J connectivity index is 1.56. The van der Waals surface area contributed by atoms with E-state index in [4.69, 9.17) is 0 Å². The zero-order valence-corrected chi connectivity index (χ0v) is 16.9. The minimum Gasteiger partial charge on any atom is -0.337 e. The number of rotatable bonds is 7. The summed E-state index contributed by atoms with van der Waals surface area (Å²) >= 11 is 0. The second-order valence-corrected chi connectivity index (χ2v) is 7.33. The average molecular weight is 386 g/mol. The maximum Gasteiger partial charge on any atom is 0.219 e. The molecule has 0 atom stereocenters. The number of hydrogen-bond donors (Lipinski definition) is 1. The van der Waals surface area contributed by atoms with Crippen molar-refractivity contribution in [1.29, 1.82) is 0 Å². The summed E-state index contributed by atoms with van der Waals surface area (Å²) in [7, 11) is 1.94. The lowest BCUT2D eigenvalue weighted by molar-refractivity contribution is -0.129. The van der Waals surface area contributed by atoms with E-state index in [2.05, 4.69) is 63.4 Å². The Bertz CT molecular complexity index is 1080. The number of benzene rings is 2. The number of carbonyl (C=O) groups is 1. The van der Waals surface area contributed by atoms with Gasteiger partial charge >= 0.3 is 0 Å². The second kappa shape index (κ2) is 8.45. The van der Waals surface area contributed by atoms with Gasteiger partial charge in [0.15, 0.2) is 0 Å². The Morgan fingerprint density at radius 2 is 1.72 bits per heavy atom. The molecule has 0 unspecified atom stereocenters. The van der Waals surface area contributed by atoms with Crippen LogP contribution in [0, 0.1) is 0 Å². The number of nitrogens with zero attached hydrogens (tertiary/aromatic N) is 3. The van der Waals surface area contributed by atoms with Gasteiger partial charge in [0, 0.05) is 50.1 Å². The molecular formula is C24H26N4O. The molecule has 0 fully saturated rings. The number of aromatic nitrogens is 2. The van der Waals surface area contributed by atoms with E-state index in [0.29, 0.717) is 19.6 Å². The summed E-state index contributed by atoms with van der Waals surface area (Å²) in [6, 6.07) is 20.9. The highest BCUT2D eigenvalue weighted by atomic mass is 16.2. The van der Waals surface area contributed by atoms with E-state index in [0.717, 1.165) is 28.7 Å². The van der Waals surface area contributed by atoms with E-state index in [1.54, 1.807) is 6.92 Å². The molecule has 2 heterocycles. The molecule has 0 saturated carbocycles. The Kier molecular flexibility index (Phi) is 5.58. The Morgan fingerprint density at radius 3 is 2.48 bits per heavy atom. The maximum absolute atomic E-state index is 12.3. The summed E-state index contributed by atoms with van der Waals surface area (Å²) in [5, 5.41) is 5.50. The third-order valence-corrected chi connectivity index (χ3v) is 5.34. The van der Waals surface area contributed by atoms with Crippen LogP contribution in [0.15, 0.2) is 66.9 Å². The molecule has 0 bridgehead atoms. The molecule has 5 nitrogen and oxygen atoms in total. The van der Waals surface area contributed by atoms with Crippen molar-refractivity contribution < 1.29 is 4.79 Å². The number of carbonyl (C=O) groups excluding carboxylic acids is 1. The van der Waals surface area contributed by atoms with E-state index >= 15 is 0 Å². The van der Waals surface area contributed by atoms with Crippen molar-refractivity contribution in [3.05, 3.63) is 78.0 Å². The monoisotopic (exact) mass is 386 g/mol. The van der Waals surface area contributed by atoms with Crippen LogP contribution in [0.1, 0.15) is 18.1 Å². The highest BCUT2D eigenvalue weighted by Crippen LogP contribution is 2.27. The van der Waals surface area contributed by atoms with Gasteiger partial charge in [0.1, 0.15) is 5.65 Å². The molecular weight excluding hydrogens is 360 g/mol. The number of nitrogens with one attached hydrogen (secondary N) is 1. The molecule has 0 spiro atoms. The van der Waals surface area contributed by atoms with Crippen molar-refractivity contribution in [2.24, 2.45) is 0 Å². The molecule has 2 aromatic carbocycles. The van der Waals surface area contributed by atoms with Crippen LogP contribution in [0.3, 0.4) is 0 Å². The lowest BCUT2D eigenvalue weighted by Crippen LogP contribution is -2.31. The third-order valence-electron chi connectivity index (χ3n) is 5.34. The van der Waals surface area contributed by atoms with Crippen molar-refractivity contribution in [3.63, 3.8) is 0 Å². The fraction of sp³-hybridized carbons (Fsp3) is 0.250. The lowest BCUT2D eigenvalue weighted by Gasteiger charge is -2.22. The van der Waals surface area contributed by atoms with E-state index < -0.39 is 0 Å². The first-order chi connectivity index (χ1) is 14.2. The van der Waals surface area contributed by atoms with Crippen LogP contribution in [0.5, 0.6) is 0 Å². The normalized spacial score (nSPS) is 11.2. The smallest absolute Gasteiger partial charge is 0.219 e. The van der Waals surface area contributed by atoms with E-state index in [9.17, 15) is 4.79 Å². The molecule has 5 heteroatoms. The number of amides is 1. The molecule has 0 saturated heterocycles. The van der Waals surface area contributed by atoms with E-state index in [1.807, 2.05) is 30.3 Å². The fourth-order valence-electron chi connectivity index (χ4n) is 3.86. The summed E-state index contributed by atoms with van der Waals surface area (Å²) in [5.74, 6) is 0.0815. The van der Waals surface area contributed by atoms with Gasteiger partial charge in [0.05, 0.1) is 5.52 Å². The first kappa shape index (κ1) is 19.2. The fourth-order valence-corrected chi connectivity index (χ4v) is 3.86. The van der Waals surface area contributed by atoms with Crippen molar-refractivity contribution in [2.45, 2.75) is 26.6 Å². The lowest BCUT2D eigenvalue weighted by atomic mass is 10.1. The molecule has 1 N–H and O–H groups in total. The molecule has 0 aliphatic carbocycles. The molecule has 4 rings (SSSR count). The zero-order chi connectivity index (χ0) is 20.2. The average Bonchev–Trinajstić information content (AvgIpc) is 3.06. The summed E-state index contributed by atoms with van der Waals surface area (Å²) < 4.78 is 2.22. The van der Waals surface area contributed by atoms with Crippen LogP contribution in [-0.2, 0) is 24.4 Å². The quantitative estimate of drug-likeness (QED) is 0.523. The first-order valence-electron chi connectivity index (χ1n) is 9.97. The minimum absolute atomic E-state index is 0.0815. The molecule has 29 heavy (non-hydrogen) atoms. The molecule has 4 aromatic rings. The van der Waals surface area contributed by atoms with Gasteiger partial charge in [0.2, 0.25) is 5.91 Å². The largest absolute Gasteiger partial charge is 0.337 e. The van der Waals surface area contributed by atoms with Crippen LogP contribution in [-0.4, -0.2) is 34.0 Å². The molecule has 2 aromatic heterocycles. The van der Waals surface area contributed by atoms with Gasteiger partial charge in [-0.05, 0) is 36.4 Å². The third kappa shape index (κ3) is 4.00. The Hall–Kier alpha value is -3.18. The Morgan fingerprint density at radius 1 is 1.00 bits per heavy atom. The highest BCUT2D eigenvalue weighted by Gasteiger charge is 2.14. The van der Waals surface area contributed by atoms with Crippen LogP contribution in [0.25, 0.3) is 21.9 Å². The predicted molar refractivity (Wildman–Crippen MR) is 118 cm³/mol. The van der Waals surface area contributed by atoms with Gasteiger partial charge < -0.3 is 14.8 Å². The zero-order valence-electron chi connectivity index (χ0n) is 16.9. The number of para-hydroxylation sites is 1. The standard InChI is InChI=1S/C24H26N4O/c1-18(29)27(17-20-11-9-19(10-12-20)16-25-2)14-15-28-23-8-4-3-6-21(23)22-7-5-13-26-24(22)28/h3-13,25H,14-17H2,1-2H3. The molecule has 148 valence electrons. The topological polar surface area (TPSA) is 50.2 Å².